The number of ether oxygens (including phenoxy) is 1. The molecule has 28 heavy (non-hydrogen) atoms. The monoisotopic (exact) mass is 412 g/mol. The van der Waals surface area contributed by atoms with Gasteiger partial charge in [-0.05, 0) is 56.3 Å². The van der Waals surface area contributed by atoms with Crippen molar-refractivity contribution in [1.82, 2.24) is 14.8 Å². The molecule has 0 unspecified atom stereocenters. The number of rotatable bonds is 5. The van der Waals surface area contributed by atoms with Crippen molar-refractivity contribution in [1.29, 1.82) is 0 Å². The van der Waals surface area contributed by atoms with Crippen molar-refractivity contribution in [2.24, 2.45) is 0 Å². The van der Waals surface area contributed by atoms with Crippen LogP contribution in [0.25, 0.3) is 5.82 Å². The molecule has 0 radical (unpaired) electrons. The number of nitrogens with one attached hydrogen (secondary N) is 1. The number of hydrogen-bond donors (Lipinski definition) is 1. The van der Waals surface area contributed by atoms with Crippen LogP contribution in [0.15, 0.2) is 53.6 Å². The topological polar surface area (TPSA) is 86.1 Å². The number of nitrogens with zero attached hydrogens (tertiary/aromatic N) is 3. The largest absolute Gasteiger partial charge is 0.573 e. The van der Waals surface area contributed by atoms with Crippen molar-refractivity contribution < 1.29 is 26.3 Å². The van der Waals surface area contributed by atoms with Crippen molar-refractivity contribution >= 4 is 15.7 Å². The second-order valence-corrected chi connectivity index (χ2v) is 7.52. The summed E-state index contributed by atoms with van der Waals surface area (Å²) in [5, 5.41) is 4.29. The van der Waals surface area contributed by atoms with Gasteiger partial charge in [-0.15, -0.1) is 13.2 Å². The fraction of sp³-hybridized carbons (Fsp3) is 0.176. The summed E-state index contributed by atoms with van der Waals surface area (Å²) in [6.45, 7) is 3.59. The van der Waals surface area contributed by atoms with Gasteiger partial charge in [-0.25, -0.2) is 18.1 Å². The zero-order valence-electron chi connectivity index (χ0n) is 14.7. The molecule has 3 aromatic rings. The maximum Gasteiger partial charge on any atom is 0.573 e. The summed E-state index contributed by atoms with van der Waals surface area (Å²) in [5.41, 5.74) is 1.66. The number of halogens is 3. The van der Waals surface area contributed by atoms with E-state index in [0.29, 0.717) is 0 Å². The first-order chi connectivity index (χ1) is 13.0. The summed E-state index contributed by atoms with van der Waals surface area (Å²) in [6, 6.07) is 8.75. The Balaban J connectivity index is 1.90. The molecule has 0 aliphatic carbocycles. The van der Waals surface area contributed by atoms with Gasteiger partial charge in [0.25, 0.3) is 10.0 Å². The van der Waals surface area contributed by atoms with Gasteiger partial charge in [-0.3, -0.25) is 4.72 Å². The Morgan fingerprint density at radius 2 is 1.79 bits per heavy atom. The molecule has 11 heteroatoms. The van der Waals surface area contributed by atoms with E-state index < -0.39 is 22.1 Å². The average Bonchev–Trinajstić information content (AvgIpc) is 2.92. The van der Waals surface area contributed by atoms with E-state index in [1.165, 1.54) is 16.9 Å². The summed E-state index contributed by atoms with van der Waals surface area (Å²) in [6.07, 6.45) is -3.37. The molecule has 2 aromatic heterocycles. The number of alkyl halides is 3. The number of pyridine rings is 1. The van der Waals surface area contributed by atoms with Crippen LogP contribution in [-0.4, -0.2) is 29.5 Å². The fourth-order valence-electron chi connectivity index (χ4n) is 2.51. The lowest BCUT2D eigenvalue weighted by atomic mass is 10.3. The lowest BCUT2D eigenvalue weighted by Gasteiger charge is -2.13. The Morgan fingerprint density at radius 1 is 1.11 bits per heavy atom. The molecule has 0 spiro atoms. The van der Waals surface area contributed by atoms with Crippen LogP contribution in [0.1, 0.15) is 11.4 Å². The highest BCUT2D eigenvalue weighted by Crippen LogP contribution is 2.26. The first kappa shape index (κ1) is 19.7. The predicted molar refractivity (Wildman–Crippen MR) is 94.8 cm³/mol. The molecule has 1 N–H and O–H groups in total. The van der Waals surface area contributed by atoms with Crippen molar-refractivity contribution in [3.63, 3.8) is 0 Å². The third kappa shape index (κ3) is 4.42. The van der Waals surface area contributed by atoms with Gasteiger partial charge in [0.1, 0.15) is 5.75 Å². The Kier molecular flexibility index (Phi) is 5.02. The van der Waals surface area contributed by atoms with Crippen LogP contribution in [-0.2, 0) is 10.0 Å². The van der Waals surface area contributed by atoms with Crippen LogP contribution in [0.5, 0.6) is 5.75 Å². The molecule has 0 amide bonds. The van der Waals surface area contributed by atoms with E-state index in [9.17, 15) is 21.6 Å². The SMILES string of the molecule is Cc1cc(C)n(-c2ncccc2NS(=O)(=O)c2ccc(OC(F)(F)F)cc2)n1. The fourth-order valence-corrected chi connectivity index (χ4v) is 3.57. The van der Waals surface area contributed by atoms with Gasteiger partial charge in [-0.2, -0.15) is 5.10 Å². The Bertz CT molecular complexity index is 1090. The highest BCUT2D eigenvalue weighted by Gasteiger charge is 2.31. The van der Waals surface area contributed by atoms with E-state index >= 15 is 0 Å². The molecule has 1 aromatic carbocycles. The standard InChI is InChI=1S/C17H15F3N4O3S/c1-11-10-12(2)24(22-11)16-15(4-3-9-21-16)23-28(25,26)14-7-5-13(6-8-14)27-17(18,19)20/h3-10,23H,1-2H3. The van der Waals surface area contributed by atoms with E-state index in [1.807, 2.05) is 6.07 Å². The Hall–Kier alpha value is -3.08. The molecule has 2 heterocycles. The van der Waals surface area contributed by atoms with Crippen molar-refractivity contribution in [2.75, 3.05) is 4.72 Å². The molecule has 7 nitrogen and oxygen atoms in total. The highest BCUT2D eigenvalue weighted by molar-refractivity contribution is 7.92. The smallest absolute Gasteiger partial charge is 0.406 e. The Morgan fingerprint density at radius 3 is 2.36 bits per heavy atom. The van der Waals surface area contributed by atoms with Crippen LogP contribution < -0.4 is 9.46 Å². The van der Waals surface area contributed by atoms with Crippen LogP contribution in [0.2, 0.25) is 0 Å². The molecule has 0 fully saturated rings. The molecular formula is C17H15F3N4O3S. The second-order valence-electron chi connectivity index (χ2n) is 5.84. The molecule has 0 aliphatic rings. The maximum absolute atomic E-state index is 12.6. The van der Waals surface area contributed by atoms with E-state index in [-0.39, 0.29) is 16.4 Å². The van der Waals surface area contributed by atoms with Gasteiger partial charge in [0.2, 0.25) is 0 Å². The molecule has 0 aliphatic heterocycles. The summed E-state index contributed by atoms with van der Waals surface area (Å²) >= 11 is 0. The molecule has 0 atom stereocenters. The first-order valence-electron chi connectivity index (χ1n) is 7.92. The van der Waals surface area contributed by atoms with Gasteiger partial charge in [0, 0.05) is 11.9 Å². The van der Waals surface area contributed by atoms with Gasteiger partial charge in [0.05, 0.1) is 16.3 Å². The quantitative estimate of drug-likeness (QED) is 0.692. The van der Waals surface area contributed by atoms with E-state index in [0.717, 1.165) is 35.7 Å². The van der Waals surface area contributed by atoms with Crippen LogP contribution in [0.4, 0.5) is 18.9 Å². The summed E-state index contributed by atoms with van der Waals surface area (Å²) in [5.74, 6) is -0.246. The third-order valence-corrected chi connectivity index (χ3v) is 4.99. The van der Waals surface area contributed by atoms with E-state index in [2.05, 4.69) is 19.5 Å². The lowest BCUT2D eigenvalue weighted by Crippen LogP contribution is -2.18. The molecule has 3 rings (SSSR count). The number of benzene rings is 1. The molecule has 0 bridgehead atoms. The summed E-state index contributed by atoms with van der Waals surface area (Å²) < 4.78 is 69.6. The minimum atomic E-state index is -4.86. The lowest BCUT2D eigenvalue weighted by molar-refractivity contribution is -0.274. The number of anilines is 1. The van der Waals surface area contributed by atoms with Gasteiger partial charge < -0.3 is 4.74 Å². The third-order valence-electron chi connectivity index (χ3n) is 3.61. The maximum atomic E-state index is 12.6. The highest BCUT2D eigenvalue weighted by atomic mass is 32.2. The minimum Gasteiger partial charge on any atom is -0.406 e. The van der Waals surface area contributed by atoms with Gasteiger partial charge >= 0.3 is 6.36 Å². The summed E-state index contributed by atoms with van der Waals surface area (Å²) in [7, 11) is -4.08. The summed E-state index contributed by atoms with van der Waals surface area (Å²) in [4.78, 5) is 3.95. The van der Waals surface area contributed by atoms with Gasteiger partial charge in [-0.1, -0.05) is 0 Å². The normalized spacial score (nSPS) is 12.0. The average molecular weight is 412 g/mol. The number of aromatic nitrogens is 3. The molecule has 0 saturated heterocycles. The molecular weight excluding hydrogens is 397 g/mol. The van der Waals surface area contributed by atoms with Crippen molar-refractivity contribution in [3.05, 3.63) is 60.0 Å². The second kappa shape index (κ2) is 7.15. The first-order valence-corrected chi connectivity index (χ1v) is 9.41. The van der Waals surface area contributed by atoms with Gasteiger partial charge in [0.15, 0.2) is 5.82 Å². The minimum absolute atomic E-state index is 0.171. The van der Waals surface area contributed by atoms with Crippen molar-refractivity contribution in [3.8, 4) is 11.6 Å². The Labute approximate surface area is 158 Å². The number of hydrogen-bond acceptors (Lipinski definition) is 5. The van der Waals surface area contributed by atoms with Crippen LogP contribution in [0, 0.1) is 13.8 Å². The van der Waals surface area contributed by atoms with E-state index in [4.69, 9.17) is 0 Å². The molecule has 148 valence electrons. The molecule has 0 saturated carbocycles. The number of aryl methyl sites for hydroxylation is 2. The zero-order chi connectivity index (χ0) is 20.5. The zero-order valence-corrected chi connectivity index (χ0v) is 15.5. The van der Waals surface area contributed by atoms with Crippen LogP contribution in [0.3, 0.4) is 0 Å². The van der Waals surface area contributed by atoms with Crippen LogP contribution >= 0.6 is 0 Å². The van der Waals surface area contributed by atoms with Crippen molar-refractivity contribution in [2.45, 2.75) is 25.1 Å². The predicted octanol–water partition coefficient (Wildman–Crippen LogP) is 3.58. The van der Waals surface area contributed by atoms with E-state index in [1.54, 1.807) is 19.9 Å². The number of sulfonamides is 1.